The van der Waals surface area contributed by atoms with Gasteiger partial charge in [-0.2, -0.15) is 4.31 Å². The van der Waals surface area contributed by atoms with Crippen LogP contribution in [0.4, 0.5) is 5.69 Å². The van der Waals surface area contributed by atoms with E-state index >= 15 is 0 Å². The standard InChI is InChI=1S/C18H23N3O4S/c1-14-11-17(21(22)23)18(12-15(14)2)26(24,25)20(10-6-9-19)13-16-7-4-3-5-8-16/h3-5,7-8,11-12H,6,9-10,13,19H2,1-2H3. The topological polar surface area (TPSA) is 107 Å². The Labute approximate surface area is 153 Å². The number of hydrogen-bond acceptors (Lipinski definition) is 5. The minimum atomic E-state index is -4.05. The minimum absolute atomic E-state index is 0.132. The third-order valence-electron chi connectivity index (χ3n) is 4.20. The largest absolute Gasteiger partial charge is 0.330 e. The normalized spacial score (nSPS) is 11.7. The van der Waals surface area contributed by atoms with E-state index in [4.69, 9.17) is 5.73 Å². The molecular formula is C18H23N3O4S. The Balaban J connectivity index is 2.52. The summed E-state index contributed by atoms with van der Waals surface area (Å²) in [5.74, 6) is 0. The summed E-state index contributed by atoms with van der Waals surface area (Å²) >= 11 is 0. The average molecular weight is 377 g/mol. The molecular weight excluding hydrogens is 354 g/mol. The van der Waals surface area contributed by atoms with Crippen LogP contribution in [0.15, 0.2) is 47.4 Å². The van der Waals surface area contributed by atoms with Gasteiger partial charge in [0.25, 0.3) is 5.69 Å². The molecule has 2 aromatic rings. The second-order valence-corrected chi connectivity index (χ2v) is 8.03. The summed E-state index contributed by atoms with van der Waals surface area (Å²) in [7, 11) is -4.05. The van der Waals surface area contributed by atoms with E-state index in [1.54, 1.807) is 13.8 Å². The first-order chi connectivity index (χ1) is 12.3. The Morgan fingerprint density at radius 3 is 2.31 bits per heavy atom. The first-order valence-electron chi connectivity index (χ1n) is 8.27. The van der Waals surface area contributed by atoms with E-state index in [0.717, 1.165) is 5.56 Å². The predicted molar refractivity (Wildman–Crippen MR) is 100 cm³/mol. The lowest BCUT2D eigenvalue weighted by Crippen LogP contribution is -2.33. The van der Waals surface area contributed by atoms with Gasteiger partial charge in [-0.25, -0.2) is 8.42 Å². The molecule has 2 rings (SSSR count). The van der Waals surface area contributed by atoms with Crippen molar-refractivity contribution in [2.45, 2.75) is 31.7 Å². The summed E-state index contributed by atoms with van der Waals surface area (Å²) in [5.41, 5.74) is 7.31. The van der Waals surface area contributed by atoms with Gasteiger partial charge in [0.05, 0.1) is 4.92 Å². The molecule has 0 radical (unpaired) electrons. The number of nitrogens with zero attached hydrogens (tertiary/aromatic N) is 2. The summed E-state index contributed by atoms with van der Waals surface area (Å²) in [5, 5.41) is 11.4. The zero-order valence-corrected chi connectivity index (χ0v) is 15.7. The first kappa shape index (κ1) is 20.0. The van der Waals surface area contributed by atoms with Crippen LogP contribution in [0, 0.1) is 24.0 Å². The van der Waals surface area contributed by atoms with E-state index in [9.17, 15) is 18.5 Å². The highest BCUT2D eigenvalue weighted by atomic mass is 32.2. The van der Waals surface area contributed by atoms with Gasteiger partial charge in [0.2, 0.25) is 10.0 Å². The summed E-state index contributed by atoms with van der Waals surface area (Å²) in [4.78, 5) is 10.5. The van der Waals surface area contributed by atoms with Gasteiger partial charge in [-0.1, -0.05) is 30.3 Å². The summed E-state index contributed by atoms with van der Waals surface area (Å²) in [6.07, 6.45) is 0.463. The summed E-state index contributed by atoms with van der Waals surface area (Å²) < 4.78 is 27.7. The van der Waals surface area contributed by atoms with Gasteiger partial charge in [0, 0.05) is 19.2 Å². The van der Waals surface area contributed by atoms with Crippen molar-refractivity contribution in [2.24, 2.45) is 5.73 Å². The van der Waals surface area contributed by atoms with Crippen molar-refractivity contribution in [1.82, 2.24) is 4.31 Å². The van der Waals surface area contributed by atoms with Crippen LogP contribution in [0.2, 0.25) is 0 Å². The van der Waals surface area contributed by atoms with Crippen molar-refractivity contribution in [2.75, 3.05) is 13.1 Å². The summed E-state index contributed by atoms with van der Waals surface area (Å²) in [6, 6.07) is 11.8. The molecule has 0 aromatic heterocycles. The Morgan fingerprint density at radius 1 is 1.12 bits per heavy atom. The summed E-state index contributed by atoms with van der Waals surface area (Å²) in [6.45, 7) is 4.11. The first-order valence-corrected chi connectivity index (χ1v) is 9.71. The van der Waals surface area contributed by atoms with Crippen molar-refractivity contribution < 1.29 is 13.3 Å². The fraction of sp³-hybridized carbons (Fsp3) is 0.333. The Morgan fingerprint density at radius 2 is 1.73 bits per heavy atom. The molecule has 0 spiro atoms. The maximum absolute atomic E-state index is 13.2. The van der Waals surface area contributed by atoms with Crippen LogP contribution in [0.1, 0.15) is 23.1 Å². The number of sulfonamides is 1. The molecule has 0 saturated carbocycles. The Bertz CT molecular complexity index is 883. The van der Waals surface area contributed by atoms with E-state index in [-0.39, 0.29) is 18.0 Å². The third kappa shape index (κ3) is 4.46. The molecule has 26 heavy (non-hydrogen) atoms. The van der Waals surface area contributed by atoms with Gasteiger partial charge in [-0.3, -0.25) is 10.1 Å². The van der Waals surface area contributed by atoms with E-state index < -0.39 is 20.6 Å². The third-order valence-corrected chi connectivity index (χ3v) is 6.08. The van der Waals surface area contributed by atoms with Gasteiger partial charge in [0.15, 0.2) is 4.90 Å². The molecule has 2 aromatic carbocycles. The average Bonchev–Trinajstić information content (AvgIpc) is 2.61. The number of nitrogens with two attached hydrogens (primary N) is 1. The van der Waals surface area contributed by atoms with Crippen molar-refractivity contribution in [3.8, 4) is 0 Å². The molecule has 2 N–H and O–H groups in total. The molecule has 8 heteroatoms. The molecule has 0 bridgehead atoms. The Kier molecular flexibility index (Phi) is 6.47. The van der Waals surface area contributed by atoms with E-state index in [1.807, 2.05) is 30.3 Å². The highest BCUT2D eigenvalue weighted by molar-refractivity contribution is 7.89. The van der Waals surface area contributed by atoms with Crippen molar-refractivity contribution >= 4 is 15.7 Å². The van der Waals surface area contributed by atoms with Crippen LogP contribution in [0.25, 0.3) is 0 Å². The second-order valence-electron chi connectivity index (χ2n) is 6.13. The van der Waals surface area contributed by atoms with E-state index in [0.29, 0.717) is 24.1 Å². The molecule has 0 aliphatic heterocycles. The molecule has 0 unspecified atom stereocenters. The highest BCUT2D eigenvalue weighted by Gasteiger charge is 2.32. The molecule has 0 atom stereocenters. The lowest BCUT2D eigenvalue weighted by atomic mass is 10.1. The second kappa shape index (κ2) is 8.39. The molecule has 0 heterocycles. The number of nitro groups is 1. The van der Waals surface area contributed by atoms with E-state index in [2.05, 4.69) is 0 Å². The van der Waals surface area contributed by atoms with Gasteiger partial charge < -0.3 is 5.73 Å². The zero-order valence-electron chi connectivity index (χ0n) is 14.9. The Hall–Kier alpha value is -2.29. The maximum atomic E-state index is 13.2. The number of rotatable bonds is 8. The van der Waals surface area contributed by atoms with Crippen LogP contribution < -0.4 is 5.73 Å². The molecule has 140 valence electrons. The molecule has 0 amide bonds. The van der Waals surface area contributed by atoms with Crippen LogP contribution >= 0.6 is 0 Å². The zero-order chi connectivity index (χ0) is 19.3. The molecule has 0 aliphatic carbocycles. The van der Waals surface area contributed by atoms with Crippen LogP contribution in [-0.4, -0.2) is 30.7 Å². The van der Waals surface area contributed by atoms with Crippen molar-refractivity contribution in [3.05, 3.63) is 69.3 Å². The number of nitro benzene ring substituents is 1. The van der Waals surface area contributed by atoms with Crippen LogP contribution in [0.3, 0.4) is 0 Å². The fourth-order valence-electron chi connectivity index (χ4n) is 2.60. The minimum Gasteiger partial charge on any atom is -0.330 e. The van der Waals surface area contributed by atoms with Crippen LogP contribution in [0.5, 0.6) is 0 Å². The van der Waals surface area contributed by atoms with Gasteiger partial charge in [0.1, 0.15) is 0 Å². The van der Waals surface area contributed by atoms with Crippen LogP contribution in [-0.2, 0) is 16.6 Å². The number of benzene rings is 2. The lowest BCUT2D eigenvalue weighted by Gasteiger charge is -2.22. The number of aryl methyl sites for hydroxylation is 2. The van der Waals surface area contributed by atoms with Gasteiger partial charge in [-0.05, 0) is 49.6 Å². The van der Waals surface area contributed by atoms with E-state index in [1.165, 1.54) is 16.4 Å². The fourth-order valence-corrected chi connectivity index (χ4v) is 4.29. The smallest absolute Gasteiger partial charge is 0.289 e. The van der Waals surface area contributed by atoms with Gasteiger partial charge >= 0.3 is 0 Å². The molecule has 0 fully saturated rings. The molecule has 0 aliphatic rings. The predicted octanol–water partition coefficient (Wildman–Crippen LogP) is 2.75. The number of hydrogen-bond donors (Lipinski definition) is 1. The SMILES string of the molecule is Cc1cc([N+](=O)[O-])c(S(=O)(=O)N(CCCN)Cc2ccccc2)cc1C. The molecule has 7 nitrogen and oxygen atoms in total. The maximum Gasteiger partial charge on any atom is 0.289 e. The molecule has 0 saturated heterocycles. The monoisotopic (exact) mass is 377 g/mol. The highest BCUT2D eigenvalue weighted by Crippen LogP contribution is 2.30. The van der Waals surface area contributed by atoms with Gasteiger partial charge in [-0.15, -0.1) is 0 Å². The van der Waals surface area contributed by atoms with Crippen molar-refractivity contribution in [3.63, 3.8) is 0 Å². The lowest BCUT2D eigenvalue weighted by molar-refractivity contribution is -0.387. The quantitative estimate of drug-likeness (QED) is 0.562. The van der Waals surface area contributed by atoms with Crippen molar-refractivity contribution in [1.29, 1.82) is 0 Å².